The van der Waals surface area contributed by atoms with Gasteiger partial charge in [0, 0.05) is 5.57 Å². The average molecular weight is 395 g/mol. The molecule has 3 nitrogen and oxygen atoms in total. The summed E-state index contributed by atoms with van der Waals surface area (Å²) in [5.74, 6) is 0.0278. The fourth-order valence-corrected chi connectivity index (χ4v) is 4.17. The van der Waals surface area contributed by atoms with Crippen LogP contribution in [0.1, 0.15) is 130 Å². The molecular weight excluding hydrogens is 344 g/mol. The molecule has 0 rings (SSSR count). The van der Waals surface area contributed by atoms with Crippen LogP contribution in [0.2, 0.25) is 0 Å². The normalized spacial score (nSPS) is 13.4. The van der Waals surface area contributed by atoms with Crippen molar-refractivity contribution in [1.82, 2.24) is 0 Å². The van der Waals surface area contributed by atoms with E-state index in [9.17, 15) is 4.79 Å². The van der Waals surface area contributed by atoms with E-state index in [1.807, 2.05) is 6.92 Å². The average Bonchev–Trinajstić information content (AvgIpc) is 2.66. The van der Waals surface area contributed by atoms with Crippen LogP contribution >= 0.6 is 0 Å². The predicted molar refractivity (Wildman–Crippen MR) is 124 cm³/mol. The van der Waals surface area contributed by atoms with Crippen molar-refractivity contribution >= 4 is 5.91 Å². The predicted octanol–water partition coefficient (Wildman–Crippen LogP) is 7.03. The van der Waals surface area contributed by atoms with Gasteiger partial charge in [0.1, 0.15) is 0 Å². The SMILES string of the molecule is CCCCCCCCCCCCCCCCC(C)C(C(N)=O)=C(C)CCCN. The van der Waals surface area contributed by atoms with Crippen molar-refractivity contribution in [2.75, 3.05) is 6.54 Å². The molecule has 166 valence electrons. The van der Waals surface area contributed by atoms with Crippen LogP contribution in [0.15, 0.2) is 11.1 Å². The number of amides is 1. The van der Waals surface area contributed by atoms with E-state index in [1.54, 1.807) is 0 Å². The van der Waals surface area contributed by atoms with Crippen LogP contribution in [-0.4, -0.2) is 12.5 Å². The standard InChI is InChI=1S/C25H50N2O/c1-4-5-6-7-8-9-10-11-12-13-14-15-16-17-19-22(2)24(25(27)28)23(3)20-18-21-26/h22H,4-21,26H2,1-3H3,(H2,27,28). The highest BCUT2D eigenvalue weighted by Crippen LogP contribution is 2.24. The molecule has 0 aliphatic rings. The summed E-state index contributed by atoms with van der Waals surface area (Å²) in [6.45, 7) is 7.13. The van der Waals surface area contributed by atoms with Crippen LogP contribution in [-0.2, 0) is 4.79 Å². The van der Waals surface area contributed by atoms with Crippen LogP contribution in [0.25, 0.3) is 0 Å². The molecule has 0 bridgehead atoms. The Labute approximate surface area is 176 Å². The number of allylic oxidation sites excluding steroid dienone is 1. The van der Waals surface area contributed by atoms with Gasteiger partial charge in [-0.2, -0.15) is 0 Å². The molecule has 3 heteroatoms. The Bertz CT molecular complexity index is 403. The van der Waals surface area contributed by atoms with Gasteiger partial charge < -0.3 is 11.5 Å². The summed E-state index contributed by atoms with van der Waals surface area (Å²) < 4.78 is 0. The number of carbonyl (C=O) groups is 1. The molecule has 28 heavy (non-hydrogen) atoms. The number of hydrogen-bond donors (Lipinski definition) is 2. The summed E-state index contributed by atoms with van der Waals surface area (Å²) in [6.07, 6.45) is 22.1. The van der Waals surface area contributed by atoms with E-state index < -0.39 is 0 Å². The third-order valence-corrected chi connectivity index (χ3v) is 5.96. The van der Waals surface area contributed by atoms with Gasteiger partial charge in [0.15, 0.2) is 0 Å². The van der Waals surface area contributed by atoms with Gasteiger partial charge in [-0.3, -0.25) is 4.79 Å². The number of carbonyl (C=O) groups excluding carboxylic acids is 1. The molecule has 0 spiro atoms. The quantitative estimate of drug-likeness (QED) is 0.172. The van der Waals surface area contributed by atoms with Crippen molar-refractivity contribution < 1.29 is 4.79 Å². The lowest BCUT2D eigenvalue weighted by Crippen LogP contribution is -2.21. The second kappa shape index (κ2) is 19.5. The smallest absolute Gasteiger partial charge is 0.244 e. The lowest BCUT2D eigenvalue weighted by Gasteiger charge is -2.17. The van der Waals surface area contributed by atoms with E-state index in [0.717, 1.165) is 30.4 Å². The molecule has 0 aromatic rings. The van der Waals surface area contributed by atoms with E-state index in [1.165, 1.54) is 89.9 Å². The molecule has 0 aromatic carbocycles. The van der Waals surface area contributed by atoms with Gasteiger partial charge in [-0.1, -0.05) is 109 Å². The fraction of sp³-hybridized carbons (Fsp3) is 0.880. The molecule has 0 radical (unpaired) electrons. The van der Waals surface area contributed by atoms with Crippen molar-refractivity contribution in [3.05, 3.63) is 11.1 Å². The van der Waals surface area contributed by atoms with Crippen LogP contribution in [0.5, 0.6) is 0 Å². The molecule has 1 amide bonds. The summed E-state index contributed by atoms with van der Waals surface area (Å²) in [5.41, 5.74) is 13.2. The molecule has 0 heterocycles. The van der Waals surface area contributed by atoms with Crippen molar-refractivity contribution in [2.24, 2.45) is 17.4 Å². The zero-order valence-electron chi connectivity index (χ0n) is 19.4. The third-order valence-electron chi connectivity index (χ3n) is 5.96. The summed E-state index contributed by atoms with van der Waals surface area (Å²) in [4.78, 5) is 11.8. The molecule has 0 aliphatic carbocycles. The van der Waals surface area contributed by atoms with Gasteiger partial charge in [0.25, 0.3) is 0 Å². The highest BCUT2D eigenvalue weighted by molar-refractivity contribution is 5.93. The molecule has 0 saturated carbocycles. The van der Waals surface area contributed by atoms with Crippen LogP contribution < -0.4 is 11.5 Å². The topological polar surface area (TPSA) is 69.1 Å². The summed E-state index contributed by atoms with van der Waals surface area (Å²) >= 11 is 0. The zero-order valence-corrected chi connectivity index (χ0v) is 19.4. The van der Waals surface area contributed by atoms with Gasteiger partial charge in [-0.25, -0.2) is 0 Å². The number of rotatable bonds is 20. The molecule has 0 saturated heterocycles. The molecular formula is C25H50N2O. The fourth-order valence-electron chi connectivity index (χ4n) is 4.17. The van der Waals surface area contributed by atoms with Crippen molar-refractivity contribution in [1.29, 1.82) is 0 Å². The summed E-state index contributed by atoms with van der Waals surface area (Å²) in [5, 5.41) is 0. The largest absolute Gasteiger partial charge is 0.366 e. The number of unbranched alkanes of at least 4 members (excludes halogenated alkanes) is 13. The van der Waals surface area contributed by atoms with Crippen LogP contribution in [0.3, 0.4) is 0 Å². The molecule has 0 aliphatic heterocycles. The molecule has 0 fully saturated rings. The van der Waals surface area contributed by atoms with Gasteiger partial charge in [-0.15, -0.1) is 0 Å². The van der Waals surface area contributed by atoms with Gasteiger partial charge >= 0.3 is 0 Å². The minimum atomic E-state index is -0.243. The second-order valence-corrected chi connectivity index (χ2v) is 8.74. The Morgan fingerprint density at radius 3 is 1.57 bits per heavy atom. The van der Waals surface area contributed by atoms with E-state index >= 15 is 0 Å². The van der Waals surface area contributed by atoms with E-state index in [0.29, 0.717) is 6.54 Å². The van der Waals surface area contributed by atoms with Crippen molar-refractivity contribution in [3.8, 4) is 0 Å². The first-order valence-electron chi connectivity index (χ1n) is 12.2. The molecule has 1 atom stereocenters. The maximum atomic E-state index is 11.8. The first-order chi connectivity index (χ1) is 13.5. The first kappa shape index (κ1) is 27.2. The van der Waals surface area contributed by atoms with Gasteiger partial charge in [-0.05, 0) is 38.6 Å². The first-order valence-corrected chi connectivity index (χ1v) is 12.2. The minimum Gasteiger partial charge on any atom is -0.366 e. The zero-order chi connectivity index (χ0) is 21.0. The van der Waals surface area contributed by atoms with Crippen molar-refractivity contribution in [2.45, 2.75) is 130 Å². The Hall–Kier alpha value is -0.830. The lowest BCUT2D eigenvalue weighted by molar-refractivity contribution is -0.115. The Balaban J connectivity index is 3.67. The lowest BCUT2D eigenvalue weighted by atomic mass is 9.89. The number of primary amides is 1. The number of hydrogen-bond acceptors (Lipinski definition) is 2. The highest BCUT2D eigenvalue weighted by Gasteiger charge is 2.16. The van der Waals surface area contributed by atoms with Crippen LogP contribution in [0.4, 0.5) is 0 Å². The minimum absolute atomic E-state index is 0.243. The molecule has 0 aromatic heterocycles. The molecule has 1 unspecified atom stereocenters. The van der Waals surface area contributed by atoms with E-state index in [4.69, 9.17) is 11.5 Å². The van der Waals surface area contributed by atoms with Gasteiger partial charge in [0.05, 0.1) is 0 Å². The summed E-state index contributed by atoms with van der Waals surface area (Å²) in [7, 11) is 0. The maximum Gasteiger partial charge on any atom is 0.244 e. The van der Waals surface area contributed by atoms with Crippen molar-refractivity contribution in [3.63, 3.8) is 0 Å². The number of nitrogens with two attached hydrogens (primary N) is 2. The monoisotopic (exact) mass is 394 g/mol. The Kier molecular flexibility index (Phi) is 18.9. The molecule has 4 N–H and O–H groups in total. The van der Waals surface area contributed by atoms with E-state index in [2.05, 4.69) is 13.8 Å². The summed E-state index contributed by atoms with van der Waals surface area (Å²) in [6, 6.07) is 0. The van der Waals surface area contributed by atoms with Crippen LogP contribution in [0, 0.1) is 5.92 Å². The Morgan fingerprint density at radius 2 is 1.18 bits per heavy atom. The third kappa shape index (κ3) is 15.1. The second-order valence-electron chi connectivity index (χ2n) is 8.74. The Morgan fingerprint density at radius 1 is 0.750 bits per heavy atom. The highest BCUT2D eigenvalue weighted by atomic mass is 16.1. The van der Waals surface area contributed by atoms with Gasteiger partial charge in [0.2, 0.25) is 5.91 Å². The van der Waals surface area contributed by atoms with E-state index in [-0.39, 0.29) is 11.8 Å². The maximum absolute atomic E-state index is 11.8.